The molecule has 0 spiro atoms. The van der Waals surface area contributed by atoms with Crippen molar-refractivity contribution >= 4 is 19.1 Å². The van der Waals surface area contributed by atoms with Gasteiger partial charge in [0.2, 0.25) is 0 Å². The predicted molar refractivity (Wildman–Crippen MR) is 124 cm³/mol. The van der Waals surface area contributed by atoms with Crippen LogP contribution in [0.3, 0.4) is 0 Å². The Morgan fingerprint density at radius 2 is 1.81 bits per heavy atom. The van der Waals surface area contributed by atoms with Crippen molar-refractivity contribution in [1.82, 2.24) is 0 Å². The minimum atomic E-state index is -0.505. The van der Waals surface area contributed by atoms with E-state index in [1.54, 1.807) is 6.07 Å². The van der Waals surface area contributed by atoms with Crippen molar-refractivity contribution in [2.24, 2.45) is 0 Å². The lowest BCUT2D eigenvalue weighted by Gasteiger charge is -2.34. The highest BCUT2D eigenvalue weighted by Gasteiger charge is 2.39. The monoisotopic (exact) mass is 424 g/mol. The molecular weight excluding hydrogens is 399 g/mol. The molecule has 2 heterocycles. The van der Waals surface area contributed by atoms with E-state index < -0.39 is 12.0 Å². The van der Waals surface area contributed by atoms with Crippen molar-refractivity contribution in [3.05, 3.63) is 89.0 Å². The van der Waals surface area contributed by atoms with Gasteiger partial charge in [-0.15, -0.1) is 0 Å². The second-order valence-corrected chi connectivity index (χ2v) is 8.53. The van der Waals surface area contributed by atoms with Crippen molar-refractivity contribution in [2.45, 2.75) is 44.5 Å². The van der Waals surface area contributed by atoms with Gasteiger partial charge in [-0.1, -0.05) is 59.6 Å². The Morgan fingerprint density at radius 3 is 2.56 bits per heavy atom. The molecule has 3 aromatic carbocycles. The summed E-state index contributed by atoms with van der Waals surface area (Å²) in [7, 11) is 6.05. The van der Waals surface area contributed by atoms with Crippen molar-refractivity contribution in [2.75, 3.05) is 6.61 Å². The van der Waals surface area contributed by atoms with Crippen LogP contribution in [0.1, 0.15) is 58.3 Å². The quantitative estimate of drug-likeness (QED) is 0.565. The summed E-state index contributed by atoms with van der Waals surface area (Å²) in [6.07, 6.45) is 2.27. The number of hydrogen-bond donors (Lipinski definition) is 0. The van der Waals surface area contributed by atoms with Gasteiger partial charge >= 0.3 is 0 Å². The number of hydrogen-bond acceptors (Lipinski definition) is 4. The molecule has 3 aromatic rings. The first kappa shape index (κ1) is 20.8. The topological polar surface area (TPSA) is 44.8 Å². The smallest absolute Gasteiger partial charge is 0.199 e. The third-order valence-corrected chi connectivity index (χ3v) is 6.14. The van der Waals surface area contributed by atoms with E-state index in [1.807, 2.05) is 67.6 Å². The van der Waals surface area contributed by atoms with E-state index >= 15 is 0 Å². The molecule has 0 aliphatic carbocycles. The summed E-state index contributed by atoms with van der Waals surface area (Å²) < 4.78 is 18.1. The molecule has 32 heavy (non-hydrogen) atoms. The van der Waals surface area contributed by atoms with Gasteiger partial charge < -0.3 is 14.2 Å². The second-order valence-electron chi connectivity index (χ2n) is 8.53. The van der Waals surface area contributed by atoms with Crippen LogP contribution in [0.2, 0.25) is 0 Å². The molecule has 1 saturated heterocycles. The number of fused-ring (bicyclic) bond motifs is 1. The van der Waals surface area contributed by atoms with Crippen LogP contribution in [0.4, 0.5) is 0 Å². The molecule has 3 atom stereocenters. The van der Waals surface area contributed by atoms with Gasteiger partial charge in [0.25, 0.3) is 0 Å². The number of rotatable bonds is 4. The molecule has 3 unspecified atom stereocenters. The Labute approximate surface area is 189 Å². The fourth-order valence-electron chi connectivity index (χ4n) is 4.44. The van der Waals surface area contributed by atoms with Gasteiger partial charge in [0.1, 0.15) is 25.4 Å². The van der Waals surface area contributed by atoms with E-state index in [0.717, 1.165) is 36.0 Å². The molecule has 2 radical (unpaired) electrons. The Balaban J connectivity index is 1.53. The predicted octanol–water partition coefficient (Wildman–Crippen LogP) is 4.79. The standard InChI is InChI=1S/C27H25BO4/c1-17-8-10-18(11-9-17)27-25(19-5-4-6-20(28)15-19)26(29)22-16-21(12-13-23(22)32-27)31-24-7-2-3-14-30-24/h4-6,8-13,15-16,24-25,27H,2-3,7,14H2,1H3. The minimum absolute atomic E-state index is 0.00237. The van der Waals surface area contributed by atoms with Gasteiger partial charge in [-0.3, -0.25) is 4.79 Å². The fourth-order valence-corrected chi connectivity index (χ4v) is 4.44. The lowest BCUT2D eigenvalue weighted by Crippen LogP contribution is -2.31. The van der Waals surface area contributed by atoms with E-state index in [0.29, 0.717) is 29.1 Å². The highest BCUT2D eigenvalue weighted by molar-refractivity contribution is 6.32. The van der Waals surface area contributed by atoms with Gasteiger partial charge in [0.15, 0.2) is 12.1 Å². The fraction of sp³-hybridized carbons (Fsp3) is 0.296. The minimum Gasteiger partial charge on any atom is -0.484 e. The van der Waals surface area contributed by atoms with Gasteiger partial charge in [-0.25, -0.2) is 0 Å². The Kier molecular flexibility index (Phi) is 5.75. The summed E-state index contributed by atoms with van der Waals surface area (Å²) in [5.74, 6) is 0.678. The second kappa shape index (κ2) is 8.83. The molecule has 2 aliphatic heterocycles. The number of Topliss-reactive ketones (excluding diaryl/α,β-unsaturated/α-hetero) is 1. The molecule has 5 heteroatoms. The number of aryl methyl sites for hydroxylation is 1. The third-order valence-electron chi connectivity index (χ3n) is 6.14. The molecule has 160 valence electrons. The Hall–Kier alpha value is -3.05. The van der Waals surface area contributed by atoms with E-state index in [9.17, 15) is 4.79 Å². The number of ketones is 1. The Morgan fingerprint density at radius 1 is 0.969 bits per heavy atom. The van der Waals surface area contributed by atoms with Crippen LogP contribution in [0, 0.1) is 6.92 Å². The van der Waals surface area contributed by atoms with Crippen molar-refractivity contribution in [1.29, 1.82) is 0 Å². The largest absolute Gasteiger partial charge is 0.484 e. The van der Waals surface area contributed by atoms with Crippen LogP contribution in [0.15, 0.2) is 66.7 Å². The Bertz CT molecular complexity index is 1120. The van der Waals surface area contributed by atoms with Crippen LogP contribution >= 0.6 is 0 Å². The van der Waals surface area contributed by atoms with E-state index in [-0.39, 0.29) is 12.1 Å². The van der Waals surface area contributed by atoms with Crippen LogP contribution in [-0.4, -0.2) is 26.5 Å². The summed E-state index contributed by atoms with van der Waals surface area (Å²) in [6, 6.07) is 21.1. The van der Waals surface area contributed by atoms with Gasteiger partial charge in [0.05, 0.1) is 18.1 Å². The average molecular weight is 424 g/mol. The van der Waals surface area contributed by atoms with Crippen molar-refractivity contribution in [3.63, 3.8) is 0 Å². The highest BCUT2D eigenvalue weighted by atomic mass is 16.7. The molecule has 5 rings (SSSR count). The SMILES string of the molecule is [B]c1cccc(C2C(=O)c3cc(OC4CCCCO4)ccc3OC2c2ccc(C)cc2)c1. The van der Waals surface area contributed by atoms with Gasteiger partial charge in [0, 0.05) is 6.42 Å². The number of benzene rings is 3. The number of ether oxygens (including phenoxy) is 3. The van der Waals surface area contributed by atoms with E-state index in [2.05, 4.69) is 0 Å². The number of carbonyl (C=O) groups is 1. The van der Waals surface area contributed by atoms with Gasteiger partial charge in [-0.2, -0.15) is 0 Å². The average Bonchev–Trinajstić information content (AvgIpc) is 2.80. The molecule has 1 fully saturated rings. The zero-order valence-electron chi connectivity index (χ0n) is 18.1. The highest BCUT2D eigenvalue weighted by Crippen LogP contribution is 2.44. The maximum absolute atomic E-state index is 13.8. The molecule has 4 nitrogen and oxygen atoms in total. The molecule has 0 saturated carbocycles. The molecule has 0 N–H and O–H groups in total. The van der Waals surface area contributed by atoms with Crippen LogP contribution in [0.25, 0.3) is 0 Å². The van der Waals surface area contributed by atoms with Crippen LogP contribution < -0.4 is 14.9 Å². The molecule has 2 aliphatic rings. The lowest BCUT2D eigenvalue weighted by atomic mass is 9.79. The molecule has 0 amide bonds. The maximum atomic E-state index is 13.8. The summed E-state index contributed by atoms with van der Waals surface area (Å²) in [6.45, 7) is 2.74. The summed E-state index contributed by atoms with van der Waals surface area (Å²) in [4.78, 5) is 13.8. The van der Waals surface area contributed by atoms with E-state index in [4.69, 9.17) is 22.1 Å². The van der Waals surface area contributed by atoms with Crippen molar-refractivity contribution < 1.29 is 19.0 Å². The van der Waals surface area contributed by atoms with E-state index in [1.165, 1.54) is 0 Å². The molecule has 0 bridgehead atoms. The maximum Gasteiger partial charge on any atom is 0.199 e. The summed E-state index contributed by atoms with van der Waals surface area (Å²) in [5, 5.41) is 0. The van der Waals surface area contributed by atoms with Crippen LogP contribution in [-0.2, 0) is 4.74 Å². The first-order chi connectivity index (χ1) is 15.6. The first-order valence-electron chi connectivity index (χ1n) is 11.1. The molecule has 0 aromatic heterocycles. The van der Waals surface area contributed by atoms with Gasteiger partial charge in [-0.05, 0) is 49.1 Å². The van der Waals surface area contributed by atoms with Crippen molar-refractivity contribution in [3.8, 4) is 11.5 Å². The van der Waals surface area contributed by atoms with Crippen LogP contribution in [0.5, 0.6) is 11.5 Å². The number of carbonyl (C=O) groups excluding carboxylic acids is 1. The first-order valence-corrected chi connectivity index (χ1v) is 11.1. The summed E-state index contributed by atoms with van der Waals surface area (Å²) in [5.41, 5.74) is 4.10. The molecular formula is C27H25BO4. The zero-order chi connectivity index (χ0) is 22.1. The normalized spacial score (nSPS) is 22.7. The third kappa shape index (κ3) is 4.17. The zero-order valence-corrected chi connectivity index (χ0v) is 18.1. The lowest BCUT2D eigenvalue weighted by molar-refractivity contribution is -0.105. The summed E-state index contributed by atoms with van der Waals surface area (Å²) >= 11 is 0.